The van der Waals surface area contributed by atoms with Crippen molar-refractivity contribution in [3.63, 3.8) is 0 Å². The average molecular weight is 809 g/mol. The number of carbonyl (C=O) groups excluding carboxylic acids is 5. The van der Waals surface area contributed by atoms with Gasteiger partial charge in [0.1, 0.15) is 28.4 Å². The number of aromatic nitrogens is 3. The van der Waals surface area contributed by atoms with E-state index in [0.717, 1.165) is 74.0 Å². The number of para-hydroxylation sites is 1. The van der Waals surface area contributed by atoms with Crippen LogP contribution in [-0.4, -0.2) is 105 Å². The second kappa shape index (κ2) is 14.8. The number of nitrogens with one attached hydrogen (secondary N) is 3. The van der Waals surface area contributed by atoms with Gasteiger partial charge in [0.2, 0.25) is 11.8 Å². The standard InChI is InChI=1S/C40H41ClN10O5S/c1-21-4-3-5-29(41)35(21)47-37(54)31-17-42-40(57-31)45-32-16-33(44-22(2)43-32)49-12-10-23(11-13-49)18-48-19-25-14-26(20-48)50(25)24-6-7-27-28(15-24)39(56)51(38(27)55)30-8-9-34(52)46-36(30)53/h3-7,15-17,23,25-26,30H,8-14,18-20H2,1-2H3,(H,47,54)(H,46,52,53)(H,42,43,44,45). The van der Waals surface area contributed by atoms with E-state index in [-0.39, 0.29) is 18.7 Å². The molecule has 8 heterocycles. The lowest BCUT2D eigenvalue weighted by atomic mass is 9.85. The summed E-state index contributed by atoms with van der Waals surface area (Å²) in [5, 5.41) is 9.44. The quantitative estimate of drug-likeness (QED) is 0.198. The number of nitrogens with zero attached hydrogens (tertiary/aromatic N) is 7. The summed E-state index contributed by atoms with van der Waals surface area (Å²) in [4.78, 5) is 86.2. The van der Waals surface area contributed by atoms with E-state index in [1.54, 1.807) is 18.2 Å². The predicted octanol–water partition coefficient (Wildman–Crippen LogP) is 4.78. The summed E-state index contributed by atoms with van der Waals surface area (Å²) in [7, 11) is 0. The van der Waals surface area contributed by atoms with Gasteiger partial charge in [-0.25, -0.2) is 15.0 Å². The zero-order chi connectivity index (χ0) is 39.5. The van der Waals surface area contributed by atoms with Crippen LogP contribution in [-0.2, 0) is 9.59 Å². The molecular formula is C40H41ClN10O5S. The molecule has 10 rings (SSSR count). The zero-order valence-electron chi connectivity index (χ0n) is 31.5. The van der Waals surface area contributed by atoms with E-state index in [1.807, 2.05) is 38.1 Å². The topological polar surface area (TPSA) is 173 Å². The van der Waals surface area contributed by atoms with E-state index >= 15 is 0 Å². The lowest BCUT2D eigenvalue weighted by Crippen LogP contribution is -2.69. The van der Waals surface area contributed by atoms with Gasteiger partial charge in [-0.1, -0.05) is 35.1 Å². The first-order valence-corrected chi connectivity index (χ1v) is 20.4. The number of piperazine rings is 1. The van der Waals surface area contributed by atoms with Gasteiger partial charge in [0.25, 0.3) is 17.7 Å². The Morgan fingerprint density at radius 2 is 1.74 bits per heavy atom. The van der Waals surface area contributed by atoms with E-state index in [1.165, 1.54) is 17.5 Å². The molecule has 0 aliphatic carbocycles. The maximum absolute atomic E-state index is 13.4. The molecule has 57 heavy (non-hydrogen) atoms. The SMILES string of the molecule is Cc1nc(Nc2ncc(C(=O)Nc3c(C)cccc3Cl)s2)cc(N2CCC(CN3CC4CC(C3)N4c3ccc4c(c3)C(=O)N(C3CCC(=O)NC3=O)C4=O)CC2)n1. The van der Waals surface area contributed by atoms with Crippen molar-refractivity contribution >= 4 is 80.6 Å². The molecule has 2 aromatic carbocycles. The van der Waals surface area contributed by atoms with Crippen molar-refractivity contribution in [3.8, 4) is 0 Å². The minimum Gasteiger partial charge on any atom is -0.363 e. The monoisotopic (exact) mass is 808 g/mol. The van der Waals surface area contributed by atoms with Gasteiger partial charge in [-0.15, -0.1) is 0 Å². The molecule has 0 radical (unpaired) electrons. The third kappa shape index (κ3) is 7.10. The van der Waals surface area contributed by atoms with Crippen LogP contribution in [0.2, 0.25) is 5.02 Å². The molecule has 2 bridgehead atoms. The Labute approximate surface area is 337 Å². The summed E-state index contributed by atoms with van der Waals surface area (Å²) < 4.78 is 0. The van der Waals surface area contributed by atoms with Gasteiger partial charge < -0.3 is 20.4 Å². The Balaban J connectivity index is 0.773. The van der Waals surface area contributed by atoms with Crippen molar-refractivity contribution in [1.82, 2.24) is 30.1 Å². The molecule has 6 aliphatic rings. The highest BCUT2D eigenvalue weighted by Gasteiger charge is 2.48. The number of benzene rings is 2. The molecule has 17 heteroatoms. The summed E-state index contributed by atoms with van der Waals surface area (Å²) in [6, 6.07) is 12.5. The Hall–Kier alpha value is -5.45. The van der Waals surface area contributed by atoms with Crippen molar-refractivity contribution in [2.45, 2.75) is 64.1 Å². The molecular weight excluding hydrogens is 768 g/mol. The predicted molar refractivity (Wildman–Crippen MR) is 215 cm³/mol. The Kier molecular flexibility index (Phi) is 9.65. The van der Waals surface area contributed by atoms with Crippen molar-refractivity contribution in [1.29, 1.82) is 0 Å². The fourth-order valence-electron chi connectivity index (χ4n) is 8.89. The normalized spacial score (nSPS) is 22.4. The molecule has 0 spiro atoms. The van der Waals surface area contributed by atoms with Gasteiger partial charge in [0, 0.05) is 63.0 Å². The molecule has 3 unspecified atom stereocenters. The average Bonchev–Trinajstić information content (AvgIpc) is 3.74. The smallest absolute Gasteiger partial charge is 0.267 e. The zero-order valence-corrected chi connectivity index (χ0v) is 33.0. The Morgan fingerprint density at radius 1 is 0.965 bits per heavy atom. The maximum atomic E-state index is 13.4. The number of thiazole rings is 1. The van der Waals surface area contributed by atoms with Crippen LogP contribution in [0, 0.1) is 19.8 Å². The molecule has 0 saturated carbocycles. The highest BCUT2D eigenvalue weighted by atomic mass is 35.5. The molecule has 2 aromatic heterocycles. The number of amides is 5. The maximum Gasteiger partial charge on any atom is 0.267 e. The summed E-state index contributed by atoms with van der Waals surface area (Å²) in [6.07, 6.45) is 4.94. The van der Waals surface area contributed by atoms with E-state index in [9.17, 15) is 24.0 Å². The number of fused-ring (bicyclic) bond motifs is 3. The van der Waals surface area contributed by atoms with Crippen LogP contribution >= 0.6 is 22.9 Å². The summed E-state index contributed by atoms with van der Waals surface area (Å²) in [5.41, 5.74) is 3.00. The lowest BCUT2D eigenvalue weighted by Gasteiger charge is -2.58. The van der Waals surface area contributed by atoms with Crippen molar-refractivity contribution in [2.24, 2.45) is 5.92 Å². The van der Waals surface area contributed by atoms with Crippen LogP contribution in [0.25, 0.3) is 0 Å². The van der Waals surface area contributed by atoms with Crippen LogP contribution in [0.5, 0.6) is 0 Å². The molecule has 6 aliphatic heterocycles. The summed E-state index contributed by atoms with van der Waals surface area (Å²) in [6.45, 7) is 8.42. The van der Waals surface area contributed by atoms with Gasteiger partial charge in [-0.3, -0.25) is 39.1 Å². The number of carbonyl (C=O) groups is 5. The van der Waals surface area contributed by atoms with Crippen LogP contribution < -0.4 is 25.8 Å². The molecule has 5 fully saturated rings. The second-order valence-corrected chi connectivity index (χ2v) is 16.9. The van der Waals surface area contributed by atoms with E-state index in [4.69, 9.17) is 16.6 Å². The van der Waals surface area contributed by atoms with Crippen LogP contribution in [0.1, 0.15) is 73.9 Å². The minimum absolute atomic E-state index is 0.0922. The van der Waals surface area contributed by atoms with Gasteiger partial charge in [-0.05, 0) is 75.3 Å². The molecule has 3 N–H and O–H groups in total. The number of piperidine rings is 3. The fraction of sp³-hybridized carbons (Fsp3) is 0.400. The Bertz CT molecular complexity index is 2300. The Morgan fingerprint density at radius 3 is 2.49 bits per heavy atom. The van der Waals surface area contributed by atoms with Crippen LogP contribution in [0.3, 0.4) is 0 Å². The first-order valence-electron chi connectivity index (χ1n) is 19.3. The molecule has 15 nitrogen and oxygen atoms in total. The van der Waals surface area contributed by atoms with Crippen molar-refractivity contribution in [2.75, 3.05) is 53.2 Å². The highest BCUT2D eigenvalue weighted by Crippen LogP contribution is 2.40. The number of hydrogen-bond acceptors (Lipinski definition) is 13. The second-order valence-electron chi connectivity index (χ2n) is 15.5. The first kappa shape index (κ1) is 37.1. The first-order chi connectivity index (χ1) is 27.5. The number of imide groups is 2. The number of aryl methyl sites for hydroxylation is 2. The summed E-state index contributed by atoms with van der Waals surface area (Å²) in [5.74, 6) is 0.438. The van der Waals surface area contributed by atoms with Gasteiger partial charge in [0.05, 0.1) is 28.0 Å². The number of halogens is 1. The molecule has 5 saturated heterocycles. The molecule has 4 aromatic rings. The van der Waals surface area contributed by atoms with Crippen molar-refractivity contribution < 1.29 is 24.0 Å². The minimum atomic E-state index is -0.974. The van der Waals surface area contributed by atoms with E-state index in [2.05, 4.69) is 40.6 Å². The molecule has 294 valence electrons. The number of rotatable bonds is 9. The third-order valence-electron chi connectivity index (χ3n) is 11.7. The lowest BCUT2D eigenvalue weighted by molar-refractivity contribution is -0.136. The highest BCUT2D eigenvalue weighted by molar-refractivity contribution is 7.17. The van der Waals surface area contributed by atoms with Crippen LogP contribution in [0.15, 0.2) is 48.7 Å². The van der Waals surface area contributed by atoms with Crippen LogP contribution in [0.4, 0.5) is 28.1 Å². The third-order valence-corrected chi connectivity index (χ3v) is 12.9. The summed E-state index contributed by atoms with van der Waals surface area (Å²) >= 11 is 7.54. The van der Waals surface area contributed by atoms with Gasteiger partial charge in [0.15, 0.2) is 5.13 Å². The van der Waals surface area contributed by atoms with E-state index in [0.29, 0.717) is 61.5 Å². The number of anilines is 5. The van der Waals surface area contributed by atoms with Gasteiger partial charge in [-0.2, -0.15) is 0 Å². The molecule has 3 atom stereocenters. The van der Waals surface area contributed by atoms with Crippen molar-refractivity contribution in [3.05, 3.63) is 81.1 Å². The fourth-order valence-corrected chi connectivity index (χ4v) is 9.87. The number of hydrogen-bond donors (Lipinski definition) is 3. The van der Waals surface area contributed by atoms with E-state index < -0.39 is 29.7 Å². The van der Waals surface area contributed by atoms with Gasteiger partial charge >= 0.3 is 0 Å². The molecule has 5 amide bonds. The largest absolute Gasteiger partial charge is 0.363 e.